The molecule has 2 heterocycles. The molecular formula is C10H15N7O. The summed E-state index contributed by atoms with van der Waals surface area (Å²) in [6.07, 6.45) is 5.20. The van der Waals surface area contributed by atoms with Gasteiger partial charge in [0.05, 0.1) is 18.4 Å². The fourth-order valence-corrected chi connectivity index (χ4v) is 1.45. The van der Waals surface area contributed by atoms with Crippen molar-refractivity contribution in [3.05, 3.63) is 30.4 Å². The standard InChI is InChI=1S/C10H15N7O/c11-6-9-7-17(15-14-9)8-10(18)12-3-5-16-4-1-2-13-16/h1-2,4,7H,3,5-6,8,11H2,(H,12,18). The summed E-state index contributed by atoms with van der Waals surface area (Å²) in [6, 6.07) is 1.84. The fraction of sp³-hybridized carbons (Fsp3) is 0.400. The Balaban J connectivity index is 1.71. The van der Waals surface area contributed by atoms with E-state index in [0.29, 0.717) is 25.3 Å². The zero-order valence-corrected chi connectivity index (χ0v) is 9.86. The average molecular weight is 249 g/mol. The number of nitrogens with one attached hydrogen (secondary N) is 1. The first kappa shape index (κ1) is 12.2. The lowest BCUT2D eigenvalue weighted by atomic mass is 10.5. The minimum Gasteiger partial charge on any atom is -0.353 e. The van der Waals surface area contributed by atoms with Gasteiger partial charge >= 0.3 is 0 Å². The zero-order chi connectivity index (χ0) is 12.8. The molecule has 8 nitrogen and oxygen atoms in total. The first-order valence-electron chi connectivity index (χ1n) is 5.61. The van der Waals surface area contributed by atoms with Crippen molar-refractivity contribution < 1.29 is 4.79 Å². The van der Waals surface area contributed by atoms with Crippen LogP contribution >= 0.6 is 0 Å². The minimum atomic E-state index is -0.115. The molecule has 2 rings (SSSR count). The highest BCUT2D eigenvalue weighted by molar-refractivity contribution is 5.75. The molecule has 0 unspecified atom stereocenters. The van der Waals surface area contributed by atoms with E-state index in [4.69, 9.17) is 5.73 Å². The normalized spacial score (nSPS) is 10.5. The second-order valence-electron chi connectivity index (χ2n) is 3.73. The summed E-state index contributed by atoms with van der Waals surface area (Å²) in [5.41, 5.74) is 6.07. The van der Waals surface area contributed by atoms with E-state index in [9.17, 15) is 4.79 Å². The Kier molecular flexibility index (Phi) is 4.02. The van der Waals surface area contributed by atoms with Crippen LogP contribution in [0, 0.1) is 0 Å². The summed E-state index contributed by atoms with van der Waals surface area (Å²) in [4.78, 5) is 11.6. The first-order valence-corrected chi connectivity index (χ1v) is 5.61. The van der Waals surface area contributed by atoms with Crippen LogP contribution in [-0.2, 0) is 24.4 Å². The maximum atomic E-state index is 11.6. The predicted molar refractivity (Wildman–Crippen MR) is 63.2 cm³/mol. The number of rotatable bonds is 6. The molecule has 18 heavy (non-hydrogen) atoms. The van der Waals surface area contributed by atoms with E-state index in [-0.39, 0.29) is 12.5 Å². The number of carbonyl (C=O) groups excluding carboxylic acids is 1. The van der Waals surface area contributed by atoms with Crippen LogP contribution in [0.3, 0.4) is 0 Å². The van der Waals surface area contributed by atoms with E-state index in [1.807, 2.05) is 12.3 Å². The van der Waals surface area contributed by atoms with E-state index in [1.54, 1.807) is 17.1 Å². The maximum Gasteiger partial charge on any atom is 0.241 e. The third-order valence-electron chi connectivity index (χ3n) is 2.32. The van der Waals surface area contributed by atoms with Crippen LogP contribution in [0.2, 0.25) is 0 Å². The van der Waals surface area contributed by atoms with Gasteiger partial charge in [0, 0.05) is 25.5 Å². The molecule has 0 aliphatic carbocycles. The van der Waals surface area contributed by atoms with Crippen molar-refractivity contribution in [2.75, 3.05) is 6.54 Å². The molecule has 0 atom stereocenters. The van der Waals surface area contributed by atoms with Crippen molar-refractivity contribution >= 4 is 5.91 Å². The molecule has 2 aromatic heterocycles. The number of aromatic nitrogens is 5. The van der Waals surface area contributed by atoms with Crippen molar-refractivity contribution in [1.82, 2.24) is 30.1 Å². The second-order valence-corrected chi connectivity index (χ2v) is 3.73. The summed E-state index contributed by atoms with van der Waals surface area (Å²) in [5.74, 6) is -0.115. The van der Waals surface area contributed by atoms with E-state index in [2.05, 4.69) is 20.7 Å². The molecule has 8 heteroatoms. The molecule has 3 N–H and O–H groups in total. The third kappa shape index (κ3) is 3.39. The van der Waals surface area contributed by atoms with Crippen LogP contribution in [0.4, 0.5) is 0 Å². The molecule has 0 aliphatic heterocycles. The Morgan fingerprint density at radius 3 is 3.00 bits per heavy atom. The number of nitrogens with two attached hydrogens (primary N) is 1. The summed E-state index contributed by atoms with van der Waals surface area (Å²) in [5, 5.41) is 14.4. The van der Waals surface area contributed by atoms with Gasteiger partial charge in [0.1, 0.15) is 6.54 Å². The number of hydrogen-bond acceptors (Lipinski definition) is 5. The van der Waals surface area contributed by atoms with Crippen molar-refractivity contribution in [2.24, 2.45) is 5.73 Å². The topological polar surface area (TPSA) is 104 Å². The Labute approximate surface area is 104 Å². The Bertz CT molecular complexity index is 490. The molecule has 0 saturated heterocycles. The second kappa shape index (κ2) is 5.92. The molecule has 0 fully saturated rings. The first-order chi connectivity index (χ1) is 8.78. The van der Waals surface area contributed by atoms with Crippen LogP contribution in [0.15, 0.2) is 24.7 Å². The smallest absolute Gasteiger partial charge is 0.241 e. The van der Waals surface area contributed by atoms with E-state index >= 15 is 0 Å². The lowest BCUT2D eigenvalue weighted by Gasteiger charge is -2.04. The van der Waals surface area contributed by atoms with Crippen molar-refractivity contribution in [2.45, 2.75) is 19.6 Å². The quantitative estimate of drug-likeness (QED) is 0.665. The van der Waals surface area contributed by atoms with E-state index < -0.39 is 0 Å². The molecule has 0 spiro atoms. The van der Waals surface area contributed by atoms with E-state index in [0.717, 1.165) is 0 Å². The summed E-state index contributed by atoms with van der Waals surface area (Å²) < 4.78 is 3.22. The molecule has 1 amide bonds. The number of carbonyl (C=O) groups is 1. The molecule has 0 aromatic carbocycles. The molecule has 0 aliphatic rings. The van der Waals surface area contributed by atoms with Crippen molar-refractivity contribution in [3.8, 4) is 0 Å². The van der Waals surface area contributed by atoms with Gasteiger partial charge in [0.2, 0.25) is 5.91 Å². The summed E-state index contributed by atoms with van der Waals surface area (Å²) in [6.45, 7) is 1.64. The maximum absolute atomic E-state index is 11.6. The van der Waals surface area contributed by atoms with Gasteiger partial charge in [0.25, 0.3) is 0 Å². The molecule has 96 valence electrons. The van der Waals surface area contributed by atoms with E-state index in [1.165, 1.54) is 4.68 Å². The fourth-order valence-electron chi connectivity index (χ4n) is 1.45. The van der Waals surface area contributed by atoms with Gasteiger partial charge in [-0.15, -0.1) is 5.10 Å². The highest BCUT2D eigenvalue weighted by atomic mass is 16.2. The van der Waals surface area contributed by atoms with Crippen LogP contribution in [0.5, 0.6) is 0 Å². The van der Waals surface area contributed by atoms with Crippen LogP contribution in [-0.4, -0.2) is 37.2 Å². The number of nitrogens with zero attached hydrogens (tertiary/aromatic N) is 5. The van der Waals surface area contributed by atoms with Crippen LogP contribution < -0.4 is 11.1 Å². The zero-order valence-electron chi connectivity index (χ0n) is 9.86. The van der Waals surface area contributed by atoms with Gasteiger partial charge in [-0.25, -0.2) is 4.68 Å². The van der Waals surface area contributed by atoms with Gasteiger partial charge in [0.15, 0.2) is 0 Å². The number of amides is 1. The molecule has 0 bridgehead atoms. The SMILES string of the molecule is NCc1cn(CC(=O)NCCn2cccn2)nn1. The average Bonchev–Trinajstić information content (AvgIpc) is 3.00. The lowest BCUT2D eigenvalue weighted by Crippen LogP contribution is -2.30. The van der Waals surface area contributed by atoms with Crippen LogP contribution in [0.25, 0.3) is 0 Å². The lowest BCUT2D eigenvalue weighted by molar-refractivity contribution is -0.121. The highest BCUT2D eigenvalue weighted by Gasteiger charge is 2.04. The number of hydrogen-bond donors (Lipinski definition) is 2. The Morgan fingerprint density at radius 1 is 1.44 bits per heavy atom. The molecule has 2 aromatic rings. The Hall–Kier alpha value is -2.22. The van der Waals surface area contributed by atoms with Crippen molar-refractivity contribution in [3.63, 3.8) is 0 Å². The van der Waals surface area contributed by atoms with Crippen molar-refractivity contribution in [1.29, 1.82) is 0 Å². The van der Waals surface area contributed by atoms with Crippen LogP contribution in [0.1, 0.15) is 5.69 Å². The molecule has 0 radical (unpaired) electrons. The summed E-state index contributed by atoms with van der Waals surface area (Å²) >= 11 is 0. The largest absolute Gasteiger partial charge is 0.353 e. The predicted octanol–water partition coefficient (Wildman–Crippen LogP) is -1.25. The van der Waals surface area contributed by atoms with Gasteiger partial charge in [-0.2, -0.15) is 5.10 Å². The third-order valence-corrected chi connectivity index (χ3v) is 2.32. The summed E-state index contributed by atoms with van der Waals surface area (Å²) in [7, 11) is 0. The van der Waals surface area contributed by atoms with Gasteiger partial charge in [-0.05, 0) is 6.07 Å². The van der Waals surface area contributed by atoms with Gasteiger partial charge < -0.3 is 11.1 Å². The Morgan fingerprint density at radius 2 is 2.33 bits per heavy atom. The van der Waals surface area contributed by atoms with Gasteiger partial charge in [-0.3, -0.25) is 9.48 Å². The monoisotopic (exact) mass is 249 g/mol. The van der Waals surface area contributed by atoms with Gasteiger partial charge in [-0.1, -0.05) is 5.21 Å². The molecular weight excluding hydrogens is 234 g/mol. The highest BCUT2D eigenvalue weighted by Crippen LogP contribution is 1.90. The molecule has 0 saturated carbocycles. The minimum absolute atomic E-state index is 0.115.